The van der Waals surface area contributed by atoms with Gasteiger partial charge in [0, 0.05) is 19.6 Å². The van der Waals surface area contributed by atoms with Gasteiger partial charge >= 0.3 is 0 Å². The number of hydrogen-bond donors (Lipinski definition) is 1. The molecule has 3 rings (SSSR count). The van der Waals surface area contributed by atoms with Crippen molar-refractivity contribution in [2.45, 2.75) is 25.5 Å². The topological polar surface area (TPSA) is 41.9 Å². The number of ether oxygens (including phenoxy) is 2. The Morgan fingerprint density at radius 2 is 1.76 bits per heavy atom. The van der Waals surface area contributed by atoms with E-state index in [0.717, 1.165) is 30.5 Å². The minimum atomic E-state index is -0.503. The van der Waals surface area contributed by atoms with Crippen LogP contribution in [0, 0.1) is 5.92 Å². The maximum absolute atomic E-state index is 10.4. The Bertz CT molecular complexity index is 625. The summed E-state index contributed by atoms with van der Waals surface area (Å²) in [5, 5.41) is 10.4. The molecule has 0 aromatic heterocycles. The van der Waals surface area contributed by atoms with Crippen molar-refractivity contribution in [2.24, 2.45) is 5.92 Å². The van der Waals surface area contributed by atoms with Crippen LogP contribution in [0.5, 0.6) is 11.5 Å². The van der Waals surface area contributed by atoms with Gasteiger partial charge in [-0.05, 0) is 48.6 Å². The largest absolute Gasteiger partial charge is 0.497 e. The Balaban J connectivity index is 1.52. The monoisotopic (exact) mass is 341 g/mol. The Labute approximate surface area is 150 Å². The third-order valence-corrected chi connectivity index (χ3v) is 4.43. The fourth-order valence-corrected chi connectivity index (χ4v) is 2.92. The van der Waals surface area contributed by atoms with Crippen LogP contribution < -0.4 is 9.47 Å². The summed E-state index contributed by atoms with van der Waals surface area (Å²) in [5.74, 6) is 2.44. The summed E-state index contributed by atoms with van der Waals surface area (Å²) in [4.78, 5) is 2.33. The quantitative estimate of drug-likeness (QED) is 0.720. The maximum Gasteiger partial charge on any atom is 0.119 e. The van der Waals surface area contributed by atoms with E-state index in [2.05, 4.69) is 17.0 Å². The highest BCUT2D eigenvalue weighted by Crippen LogP contribution is 2.30. The zero-order valence-corrected chi connectivity index (χ0v) is 14.8. The van der Waals surface area contributed by atoms with Crippen LogP contribution in [0.1, 0.15) is 18.4 Å². The first-order valence-electron chi connectivity index (χ1n) is 8.94. The van der Waals surface area contributed by atoms with Gasteiger partial charge in [0.2, 0.25) is 0 Å². The van der Waals surface area contributed by atoms with Gasteiger partial charge in [-0.15, -0.1) is 0 Å². The van der Waals surface area contributed by atoms with Crippen LogP contribution >= 0.6 is 0 Å². The fourth-order valence-electron chi connectivity index (χ4n) is 2.92. The standard InChI is InChI=1S/C21H27NO3/c1-24-20-11-9-18(10-12-20)14-22(13-17-7-8-17)15-19(23)16-25-21-5-3-2-4-6-21/h2-6,9-12,17,19,23H,7-8,13-16H2,1H3. The van der Waals surface area contributed by atoms with Gasteiger partial charge in [-0.25, -0.2) is 0 Å². The third kappa shape index (κ3) is 6.07. The molecule has 4 nitrogen and oxygen atoms in total. The molecule has 1 aliphatic rings. The number of aliphatic hydroxyl groups is 1. The molecule has 4 heteroatoms. The van der Waals surface area contributed by atoms with E-state index >= 15 is 0 Å². The summed E-state index contributed by atoms with van der Waals surface area (Å²) < 4.78 is 10.9. The van der Waals surface area contributed by atoms with E-state index in [-0.39, 0.29) is 0 Å². The van der Waals surface area contributed by atoms with E-state index in [4.69, 9.17) is 9.47 Å². The molecule has 2 aromatic rings. The third-order valence-electron chi connectivity index (χ3n) is 4.43. The van der Waals surface area contributed by atoms with Crippen molar-refractivity contribution in [1.82, 2.24) is 4.90 Å². The predicted molar refractivity (Wildman–Crippen MR) is 98.9 cm³/mol. The molecule has 1 saturated carbocycles. The smallest absolute Gasteiger partial charge is 0.119 e. The Morgan fingerprint density at radius 3 is 2.40 bits per heavy atom. The lowest BCUT2D eigenvalue weighted by Gasteiger charge is -2.25. The number of benzene rings is 2. The second-order valence-corrected chi connectivity index (χ2v) is 6.76. The average molecular weight is 341 g/mol. The number of rotatable bonds is 10. The van der Waals surface area contributed by atoms with E-state index in [9.17, 15) is 5.11 Å². The predicted octanol–water partition coefficient (Wildman–Crippen LogP) is 3.35. The first kappa shape index (κ1) is 17.8. The van der Waals surface area contributed by atoms with Crippen molar-refractivity contribution < 1.29 is 14.6 Å². The van der Waals surface area contributed by atoms with E-state index in [1.165, 1.54) is 18.4 Å². The van der Waals surface area contributed by atoms with Gasteiger partial charge in [-0.3, -0.25) is 4.90 Å². The van der Waals surface area contributed by atoms with Gasteiger partial charge in [-0.1, -0.05) is 30.3 Å². The molecule has 2 aromatic carbocycles. The van der Waals surface area contributed by atoms with Crippen molar-refractivity contribution in [3.63, 3.8) is 0 Å². The Kier molecular flexibility index (Phi) is 6.31. The Hall–Kier alpha value is -2.04. The van der Waals surface area contributed by atoms with Crippen LogP contribution in [0.3, 0.4) is 0 Å². The molecule has 0 bridgehead atoms. The summed E-state index contributed by atoms with van der Waals surface area (Å²) >= 11 is 0. The first-order valence-corrected chi connectivity index (χ1v) is 8.94. The van der Waals surface area contributed by atoms with Crippen LogP contribution in [-0.2, 0) is 6.54 Å². The number of para-hydroxylation sites is 1. The molecule has 134 valence electrons. The van der Waals surface area contributed by atoms with Gasteiger partial charge in [0.25, 0.3) is 0 Å². The zero-order valence-electron chi connectivity index (χ0n) is 14.8. The lowest BCUT2D eigenvalue weighted by Crippen LogP contribution is -2.36. The summed E-state index contributed by atoms with van der Waals surface area (Å²) in [7, 11) is 1.68. The van der Waals surface area contributed by atoms with E-state index in [1.54, 1.807) is 7.11 Å². The second kappa shape index (κ2) is 8.88. The van der Waals surface area contributed by atoms with Crippen molar-refractivity contribution in [2.75, 3.05) is 26.8 Å². The highest BCUT2D eigenvalue weighted by Gasteiger charge is 2.25. The van der Waals surface area contributed by atoms with Crippen LogP contribution in [-0.4, -0.2) is 42.9 Å². The van der Waals surface area contributed by atoms with E-state index in [0.29, 0.717) is 13.2 Å². The van der Waals surface area contributed by atoms with Crippen LogP contribution in [0.4, 0.5) is 0 Å². The number of aliphatic hydroxyl groups excluding tert-OH is 1. The lowest BCUT2D eigenvalue weighted by molar-refractivity contribution is 0.0639. The number of nitrogens with zero attached hydrogens (tertiary/aromatic N) is 1. The van der Waals surface area contributed by atoms with Gasteiger partial charge in [0.1, 0.15) is 24.2 Å². The van der Waals surface area contributed by atoms with Crippen molar-refractivity contribution in [1.29, 1.82) is 0 Å². The lowest BCUT2D eigenvalue weighted by atomic mass is 10.2. The molecule has 0 spiro atoms. The van der Waals surface area contributed by atoms with Crippen molar-refractivity contribution >= 4 is 0 Å². The Morgan fingerprint density at radius 1 is 1.04 bits per heavy atom. The van der Waals surface area contributed by atoms with E-state index < -0.39 is 6.10 Å². The van der Waals surface area contributed by atoms with Gasteiger partial charge in [0.15, 0.2) is 0 Å². The molecule has 1 N–H and O–H groups in total. The first-order chi connectivity index (χ1) is 12.2. The molecule has 1 aliphatic carbocycles. The van der Waals surface area contributed by atoms with Gasteiger partial charge in [0.05, 0.1) is 7.11 Å². The zero-order chi connectivity index (χ0) is 17.5. The molecule has 0 radical (unpaired) electrons. The minimum Gasteiger partial charge on any atom is -0.497 e. The van der Waals surface area contributed by atoms with Crippen molar-refractivity contribution in [3.8, 4) is 11.5 Å². The van der Waals surface area contributed by atoms with Gasteiger partial charge < -0.3 is 14.6 Å². The second-order valence-electron chi connectivity index (χ2n) is 6.76. The van der Waals surface area contributed by atoms with Gasteiger partial charge in [-0.2, -0.15) is 0 Å². The maximum atomic E-state index is 10.4. The highest BCUT2D eigenvalue weighted by atomic mass is 16.5. The molecule has 0 saturated heterocycles. The number of methoxy groups -OCH3 is 1. The molecular weight excluding hydrogens is 314 g/mol. The molecule has 25 heavy (non-hydrogen) atoms. The van der Waals surface area contributed by atoms with Crippen LogP contribution in [0.15, 0.2) is 54.6 Å². The highest BCUT2D eigenvalue weighted by molar-refractivity contribution is 5.27. The summed E-state index contributed by atoms with van der Waals surface area (Å²) in [6.45, 7) is 2.81. The molecular formula is C21H27NO3. The van der Waals surface area contributed by atoms with Crippen LogP contribution in [0.2, 0.25) is 0 Å². The molecule has 1 unspecified atom stereocenters. The fraction of sp³-hybridized carbons (Fsp3) is 0.429. The summed E-state index contributed by atoms with van der Waals surface area (Å²) in [6, 6.07) is 17.8. The average Bonchev–Trinajstić information content (AvgIpc) is 3.45. The molecule has 0 amide bonds. The number of hydrogen-bond acceptors (Lipinski definition) is 4. The van der Waals surface area contributed by atoms with E-state index in [1.807, 2.05) is 42.5 Å². The SMILES string of the molecule is COc1ccc(CN(CC(O)COc2ccccc2)CC2CC2)cc1. The summed E-state index contributed by atoms with van der Waals surface area (Å²) in [6.07, 6.45) is 2.10. The summed E-state index contributed by atoms with van der Waals surface area (Å²) in [5.41, 5.74) is 1.23. The normalized spacial score (nSPS) is 15.2. The van der Waals surface area contributed by atoms with Crippen molar-refractivity contribution in [3.05, 3.63) is 60.2 Å². The molecule has 0 heterocycles. The molecule has 1 fully saturated rings. The van der Waals surface area contributed by atoms with Crippen LogP contribution in [0.25, 0.3) is 0 Å². The molecule has 1 atom stereocenters. The minimum absolute atomic E-state index is 0.313. The molecule has 0 aliphatic heterocycles.